The number of nitrogens with zero attached hydrogens (tertiary/aromatic N) is 2. The molecule has 4 heteroatoms. The van der Waals surface area contributed by atoms with Crippen LogP contribution in [0.5, 0.6) is 0 Å². The zero-order valence-corrected chi connectivity index (χ0v) is 9.59. The van der Waals surface area contributed by atoms with Crippen molar-refractivity contribution in [3.05, 3.63) is 64.4 Å². The van der Waals surface area contributed by atoms with E-state index in [1.165, 1.54) is 6.20 Å². The highest BCUT2D eigenvalue weighted by molar-refractivity contribution is 6.30. The normalized spacial score (nSPS) is 11.8. The minimum atomic E-state index is -0.757. The monoisotopic (exact) mass is 244 g/mol. The Balaban J connectivity index is 2.27. The van der Waals surface area contributed by atoms with Crippen LogP contribution >= 0.6 is 11.6 Å². The molecule has 0 aliphatic rings. The van der Waals surface area contributed by atoms with Gasteiger partial charge in [-0.05, 0) is 23.8 Å². The average molecular weight is 245 g/mol. The van der Waals surface area contributed by atoms with Gasteiger partial charge in [0.05, 0.1) is 0 Å². The third-order valence-corrected chi connectivity index (χ3v) is 2.65. The van der Waals surface area contributed by atoms with Crippen LogP contribution in [-0.4, -0.2) is 10.1 Å². The first kappa shape index (κ1) is 11.6. The Morgan fingerprint density at radius 1 is 1.12 bits per heavy atom. The van der Waals surface area contributed by atoms with Crippen LogP contribution < -0.4 is 0 Å². The lowest BCUT2D eigenvalue weighted by molar-refractivity contribution is 0.220. The second-order valence-electron chi connectivity index (χ2n) is 3.54. The van der Waals surface area contributed by atoms with E-state index in [9.17, 15) is 5.11 Å². The Kier molecular flexibility index (Phi) is 3.38. The van der Waals surface area contributed by atoms with E-state index < -0.39 is 6.10 Å². The molecule has 0 saturated heterocycles. The third kappa shape index (κ3) is 2.62. The van der Waals surface area contributed by atoms with Crippen molar-refractivity contribution in [2.45, 2.75) is 6.10 Å². The predicted molar refractivity (Wildman–Crippen MR) is 64.5 cm³/mol. The zero-order valence-electron chi connectivity index (χ0n) is 8.84. The van der Waals surface area contributed by atoms with E-state index in [1.807, 2.05) is 6.07 Å². The standard InChI is InChI=1S/C13H9ClN2O/c14-11-4-1-9(2-5-11)13(17)10-3-6-12(7-15)16-8-10/h1-6,8,13,17H. The molecule has 1 atom stereocenters. The minimum Gasteiger partial charge on any atom is -0.384 e. The van der Waals surface area contributed by atoms with Crippen LogP contribution in [0.4, 0.5) is 0 Å². The fourth-order valence-electron chi connectivity index (χ4n) is 1.47. The summed E-state index contributed by atoms with van der Waals surface area (Å²) in [4.78, 5) is 3.91. The van der Waals surface area contributed by atoms with E-state index >= 15 is 0 Å². The summed E-state index contributed by atoms with van der Waals surface area (Å²) < 4.78 is 0. The largest absolute Gasteiger partial charge is 0.384 e. The lowest BCUT2D eigenvalue weighted by Crippen LogP contribution is -2.00. The summed E-state index contributed by atoms with van der Waals surface area (Å²) in [6, 6.07) is 12.1. The number of rotatable bonds is 2. The van der Waals surface area contributed by atoms with Crippen molar-refractivity contribution in [1.82, 2.24) is 4.98 Å². The van der Waals surface area contributed by atoms with E-state index in [0.29, 0.717) is 16.3 Å². The number of nitriles is 1. The second-order valence-corrected chi connectivity index (χ2v) is 3.98. The van der Waals surface area contributed by atoms with Crippen molar-refractivity contribution in [3.8, 4) is 6.07 Å². The number of halogens is 1. The van der Waals surface area contributed by atoms with Gasteiger partial charge >= 0.3 is 0 Å². The maximum atomic E-state index is 10.1. The maximum Gasteiger partial charge on any atom is 0.140 e. The molecule has 2 rings (SSSR count). The highest BCUT2D eigenvalue weighted by atomic mass is 35.5. The number of aliphatic hydroxyl groups is 1. The number of benzene rings is 1. The quantitative estimate of drug-likeness (QED) is 0.884. The summed E-state index contributed by atoms with van der Waals surface area (Å²) in [6.45, 7) is 0. The fraction of sp³-hybridized carbons (Fsp3) is 0.0769. The molecule has 17 heavy (non-hydrogen) atoms. The predicted octanol–water partition coefficient (Wildman–Crippen LogP) is 2.69. The van der Waals surface area contributed by atoms with E-state index in [2.05, 4.69) is 4.98 Å². The minimum absolute atomic E-state index is 0.331. The smallest absolute Gasteiger partial charge is 0.140 e. The SMILES string of the molecule is N#Cc1ccc(C(O)c2ccc(Cl)cc2)cn1. The molecular formula is C13H9ClN2O. The summed E-state index contributed by atoms with van der Waals surface area (Å²) in [5, 5.41) is 19.3. The topological polar surface area (TPSA) is 56.9 Å². The molecule has 0 fully saturated rings. The van der Waals surface area contributed by atoms with Gasteiger partial charge in [-0.25, -0.2) is 4.98 Å². The van der Waals surface area contributed by atoms with Gasteiger partial charge < -0.3 is 5.11 Å². The molecule has 1 aromatic carbocycles. The van der Waals surface area contributed by atoms with Gasteiger partial charge in [0, 0.05) is 16.8 Å². The fourth-order valence-corrected chi connectivity index (χ4v) is 1.60. The molecule has 0 saturated carbocycles. The Morgan fingerprint density at radius 2 is 1.76 bits per heavy atom. The first-order valence-corrected chi connectivity index (χ1v) is 5.38. The highest BCUT2D eigenvalue weighted by Crippen LogP contribution is 2.22. The molecule has 0 aliphatic heterocycles. The van der Waals surface area contributed by atoms with Gasteiger partial charge in [-0.1, -0.05) is 29.8 Å². The number of aromatic nitrogens is 1. The summed E-state index contributed by atoms with van der Waals surface area (Å²) >= 11 is 5.77. The molecule has 84 valence electrons. The van der Waals surface area contributed by atoms with Crippen molar-refractivity contribution in [1.29, 1.82) is 5.26 Å². The Morgan fingerprint density at radius 3 is 2.29 bits per heavy atom. The lowest BCUT2D eigenvalue weighted by atomic mass is 10.0. The number of hydrogen-bond acceptors (Lipinski definition) is 3. The average Bonchev–Trinajstić information content (AvgIpc) is 2.39. The van der Waals surface area contributed by atoms with Crippen molar-refractivity contribution in [2.24, 2.45) is 0 Å². The van der Waals surface area contributed by atoms with Gasteiger partial charge in [-0.15, -0.1) is 0 Å². The molecule has 2 aromatic rings. The van der Waals surface area contributed by atoms with Crippen LogP contribution in [0.2, 0.25) is 5.02 Å². The summed E-state index contributed by atoms with van der Waals surface area (Å²) in [7, 11) is 0. The number of aliphatic hydroxyl groups excluding tert-OH is 1. The molecule has 1 unspecified atom stereocenters. The molecular weight excluding hydrogens is 236 g/mol. The third-order valence-electron chi connectivity index (χ3n) is 2.40. The van der Waals surface area contributed by atoms with E-state index in [0.717, 1.165) is 5.56 Å². The molecule has 1 N–H and O–H groups in total. The first-order chi connectivity index (χ1) is 8.20. The van der Waals surface area contributed by atoms with Crippen LogP contribution in [0.3, 0.4) is 0 Å². The van der Waals surface area contributed by atoms with Crippen LogP contribution in [-0.2, 0) is 0 Å². The van der Waals surface area contributed by atoms with Gasteiger partial charge in [0.25, 0.3) is 0 Å². The summed E-state index contributed by atoms with van der Waals surface area (Å²) in [6.07, 6.45) is 0.741. The van der Waals surface area contributed by atoms with Crippen LogP contribution in [0.1, 0.15) is 22.9 Å². The second kappa shape index (κ2) is 4.96. The van der Waals surface area contributed by atoms with E-state index in [1.54, 1.807) is 36.4 Å². The molecule has 1 aromatic heterocycles. The van der Waals surface area contributed by atoms with Gasteiger partial charge in [0.15, 0.2) is 0 Å². The van der Waals surface area contributed by atoms with Crippen molar-refractivity contribution in [2.75, 3.05) is 0 Å². The molecule has 0 amide bonds. The first-order valence-electron chi connectivity index (χ1n) is 5.00. The molecule has 0 radical (unpaired) electrons. The maximum absolute atomic E-state index is 10.1. The van der Waals surface area contributed by atoms with Crippen LogP contribution in [0.15, 0.2) is 42.6 Å². The molecule has 0 bridgehead atoms. The van der Waals surface area contributed by atoms with E-state index in [4.69, 9.17) is 16.9 Å². The number of pyridine rings is 1. The molecule has 0 spiro atoms. The van der Waals surface area contributed by atoms with Gasteiger partial charge in [0.1, 0.15) is 17.9 Å². The van der Waals surface area contributed by atoms with Gasteiger partial charge in [-0.3, -0.25) is 0 Å². The van der Waals surface area contributed by atoms with Crippen molar-refractivity contribution >= 4 is 11.6 Å². The van der Waals surface area contributed by atoms with Crippen molar-refractivity contribution < 1.29 is 5.11 Å². The molecule has 3 nitrogen and oxygen atoms in total. The Labute approximate surface area is 104 Å². The summed E-state index contributed by atoms with van der Waals surface area (Å²) in [5.74, 6) is 0. The highest BCUT2D eigenvalue weighted by Gasteiger charge is 2.10. The van der Waals surface area contributed by atoms with E-state index in [-0.39, 0.29) is 0 Å². The van der Waals surface area contributed by atoms with Crippen LogP contribution in [0, 0.1) is 11.3 Å². The lowest BCUT2D eigenvalue weighted by Gasteiger charge is -2.10. The van der Waals surface area contributed by atoms with Gasteiger partial charge in [-0.2, -0.15) is 5.26 Å². The van der Waals surface area contributed by atoms with Gasteiger partial charge in [0.2, 0.25) is 0 Å². The van der Waals surface area contributed by atoms with Crippen LogP contribution in [0.25, 0.3) is 0 Å². The molecule has 0 aliphatic carbocycles. The number of hydrogen-bond donors (Lipinski definition) is 1. The Hall–Kier alpha value is -1.89. The molecule has 1 heterocycles. The van der Waals surface area contributed by atoms with Crippen molar-refractivity contribution in [3.63, 3.8) is 0 Å². The Bertz CT molecular complexity index is 543. The summed E-state index contributed by atoms with van der Waals surface area (Å²) in [5.41, 5.74) is 1.71. The zero-order chi connectivity index (χ0) is 12.3.